The Morgan fingerprint density at radius 2 is 2.12 bits per heavy atom. The Hall–Kier alpha value is -0.640. The molecule has 0 radical (unpaired) electrons. The van der Waals surface area contributed by atoms with Crippen LogP contribution in [0.25, 0.3) is 0 Å². The number of nitrogen functional groups attached to an aromatic ring is 1. The highest BCUT2D eigenvalue weighted by Crippen LogP contribution is 2.38. The van der Waals surface area contributed by atoms with Gasteiger partial charge in [0.15, 0.2) is 0 Å². The van der Waals surface area contributed by atoms with Gasteiger partial charge in [-0.15, -0.1) is 11.8 Å². The zero-order valence-corrected chi connectivity index (χ0v) is 11.0. The lowest BCUT2D eigenvalue weighted by Crippen LogP contribution is -2.00. The van der Waals surface area contributed by atoms with Crippen LogP contribution >= 0.6 is 11.8 Å². The Morgan fingerprint density at radius 1 is 1.44 bits per heavy atom. The first-order valence-electron chi connectivity index (χ1n) is 6.20. The van der Waals surface area contributed by atoms with Crippen LogP contribution in [0.4, 0.5) is 5.69 Å². The highest BCUT2D eigenvalue weighted by Gasteiger charge is 2.21. The first kappa shape index (κ1) is 11.8. The molecule has 90 valence electrons. The van der Waals surface area contributed by atoms with Gasteiger partial charge in [-0.2, -0.15) is 5.10 Å². The number of nitrogens with zero attached hydrogens (tertiary/aromatic N) is 2. The van der Waals surface area contributed by atoms with Crippen molar-refractivity contribution >= 4 is 17.4 Å². The Balaban J connectivity index is 2.12. The molecule has 0 spiro atoms. The topological polar surface area (TPSA) is 43.8 Å². The molecule has 3 nitrogen and oxygen atoms in total. The van der Waals surface area contributed by atoms with Crippen LogP contribution in [0.2, 0.25) is 0 Å². The normalized spacial score (nSPS) is 17.1. The first-order chi connectivity index (χ1) is 7.72. The molecule has 0 unspecified atom stereocenters. The minimum absolute atomic E-state index is 0.757. The summed E-state index contributed by atoms with van der Waals surface area (Å²) < 4.78 is 1.96. The lowest BCUT2D eigenvalue weighted by molar-refractivity contribution is 0.679. The first-order valence-corrected chi connectivity index (χ1v) is 7.08. The van der Waals surface area contributed by atoms with Gasteiger partial charge in [0.25, 0.3) is 0 Å². The minimum atomic E-state index is 0.757. The predicted molar refractivity (Wildman–Crippen MR) is 69.7 cm³/mol. The van der Waals surface area contributed by atoms with E-state index in [1.54, 1.807) is 0 Å². The Kier molecular flexibility index (Phi) is 3.79. The van der Waals surface area contributed by atoms with Crippen molar-refractivity contribution in [3.05, 3.63) is 5.69 Å². The number of thioether (sulfide) groups is 1. The molecule has 0 atom stereocenters. The summed E-state index contributed by atoms with van der Waals surface area (Å²) in [6, 6.07) is 0. The maximum Gasteiger partial charge on any atom is 0.117 e. The maximum atomic E-state index is 6.16. The van der Waals surface area contributed by atoms with E-state index < -0.39 is 0 Å². The Bertz CT molecular complexity index is 353. The summed E-state index contributed by atoms with van der Waals surface area (Å²) in [7, 11) is 2.01. The third kappa shape index (κ3) is 2.37. The van der Waals surface area contributed by atoms with Gasteiger partial charge in [0.2, 0.25) is 0 Å². The van der Waals surface area contributed by atoms with Crippen LogP contribution in [-0.2, 0) is 13.5 Å². The molecule has 1 saturated carbocycles. The van der Waals surface area contributed by atoms with Crippen LogP contribution in [0.1, 0.15) is 44.7 Å². The summed E-state index contributed by atoms with van der Waals surface area (Å²) in [6.45, 7) is 2.16. The van der Waals surface area contributed by atoms with Gasteiger partial charge in [0, 0.05) is 12.3 Å². The second-order valence-corrected chi connectivity index (χ2v) is 5.85. The molecule has 0 bridgehead atoms. The molecule has 0 aromatic carbocycles. The van der Waals surface area contributed by atoms with Gasteiger partial charge in [-0.05, 0) is 19.3 Å². The quantitative estimate of drug-likeness (QED) is 0.878. The van der Waals surface area contributed by atoms with Crippen molar-refractivity contribution in [2.45, 2.75) is 55.7 Å². The zero-order valence-electron chi connectivity index (χ0n) is 10.2. The van der Waals surface area contributed by atoms with Gasteiger partial charge in [-0.3, -0.25) is 4.68 Å². The fraction of sp³-hybridized carbons (Fsp3) is 0.750. The van der Waals surface area contributed by atoms with Crippen molar-refractivity contribution in [3.63, 3.8) is 0 Å². The number of aromatic nitrogens is 2. The number of hydrogen-bond acceptors (Lipinski definition) is 3. The van der Waals surface area contributed by atoms with Crippen molar-refractivity contribution in [2.24, 2.45) is 7.05 Å². The zero-order chi connectivity index (χ0) is 11.5. The number of rotatable bonds is 4. The van der Waals surface area contributed by atoms with E-state index in [-0.39, 0.29) is 0 Å². The predicted octanol–water partition coefficient (Wildman–Crippen LogP) is 2.99. The largest absolute Gasteiger partial charge is 0.395 e. The molecule has 0 aliphatic heterocycles. The smallest absolute Gasteiger partial charge is 0.117 e. The van der Waals surface area contributed by atoms with Crippen LogP contribution in [0.3, 0.4) is 0 Å². The molecule has 0 amide bonds. The highest BCUT2D eigenvalue weighted by atomic mass is 32.2. The van der Waals surface area contributed by atoms with Crippen molar-refractivity contribution in [3.8, 4) is 0 Å². The van der Waals surface area contributed by atoms with Gasteiger partial charge in [0.1, 0.15) is 5.03 Å². The van der Waals surface area contributed by atoms with Gasteiger partial charge in [-0.1, -0.05) is 26.2 Å². The van der Waals surface area contributed by atoms with Crippen molar-refractivity contribution in [1.82, 2.24) is 9.78 Å². The second-order valence-electron chi connectivity index (χ2n) is 4.56. The van der Waals surface area contributed by atoms with E-state index in [0.717, 1.165) is 29.5 Å². The fourth-order valence-electron chi connectivity index (χ4n) is 2.30. The second kappa shape index (κ2) is 5.13. The van der Waals surface area contributed by atoms with E-state index in [9.17, 15) is 0 Å². The van der Waals surface area contributed by atoms with Crippen LogP contribution in [-0.4, -0.2) is 15.0 Å². The number of aryl methyl sites for hydroxylation is 2. The Morgan fingerprint density at radius 3 is 2.75 bits per heavy atom. The number of anilines is 1. The third-order valence-electron chi connectivity index (χ3n) is 3.17. The van der Waals surface area contributed by atoms with Gasteiger partial charge in [0.05, 0.1) is 11.4 Å². The van der Waals surface area contributed by atoms with Gasteiger partial charge in [-0.25, -0.2) is 0 Å². The molecule has 1 aromatic rings. The SMILES string of the molecule is CCCc1nn(C)c(SC2CCCC2)c1N. The maximum absolute atomic E-state index is 6.16. The van der Waals surface area contributed by atoms with Crippen molar-refractivity contribution in [2.75, 3.05) is 5.73 Å². The molecule has 1 aliphatic carbocycles. The standard InChI is InChI=1S/C12H21N3S/c1-3-6-10-11(13)12(15(2)14-10)16-9-7-4-5-8-9/h9H,3-8,13H2,1-2H3. The van der Waals surface area contributed by atoms with E-state index in [1.165, 1.54) is 30.7 Å². The van der Waals surface area contributed by atoms with E-state index >= 15 is 0 Å². The summed E-state index contributed by atoms with van der Waals surface area (Å²) in [5.41, 5.74) is 8.16. The molecular weight excluding hydrogens is 218 g/mol. The van der Waals surface area contributed by atoms with E-state index in [2.05, 4.69) is 12.0 Å². The third-order valence-corrected chi connectivity index (χ3v) is 4.69. The van der Waals surface area contributed by atoms with Crippen LogP contribution in [0.5, 0.6) is 0 Å². The molecule has 0 saturated heterocycles. The molecule has 16 heavy (non-hydrogen) atoms. The molecule has 2 N–H and O–H groups in total. The van der Waals surface area contributed by atoms with Gasteiger partial charge >= 0.3 is 0 Å². The van der Waals surface area contributed by atoms with E-state index in [4.69, 9.17) is 5.73 Å². The van der Waals surface area contributed by atoms with E-state index in [0.29, 0.717) is 0 Å². The molecular formula is C12H21N3S. The number of nitrogens with two attached hydrogens (primary N) is 1. The fourth-order valence-corrected chi connectivity index (χ4v) is 3.63. The van der Waals surface area contributed by atoms with Crippen molar-refractivity contribution < 1.29 is 0 Å². The number of hydrogen-bond donors (Lipinski definition) is 1. The van der Waals surface area contributed by atoms with Crippen molar-refractivity contribution in [1.29, 1.82) is 0 Å². The summed E-state index contributed by atoms with van der Waals surface area (Å²) in [4.78, 5) is 0. The molecule has 1 aliphatic rings. The summed E-state index contributed by atoms with van der Waals surface area (Å²) in [5, 5.41) is 6.45. The molecule has 1 fully saturated rings. The average Bonchev–Trinajstić information content (AvgIpc) is 2.84. The monoisotopic (exact) mass is 239 g/mol. The molecule has 1 heterocycles. The van der Waals surface area contributed by atoms with Crippen LogP contribution in [0.15, 0.2) is 5.03 Å². The minimum Gasteiger partial charge on any atom is -0.395 e. The average molecular weight is 239 g/mol. The highest BCUT2D eigenvalue weighted by molar-refractivity contribution is 8.00. The molecule has 1 aromatic heterocycles. The van der Waals surface area contributed by atoms with Crippen LogP contribution < -0.4 is 5.73 Å². The Labute approximate surface area is 102 Å². The van der Waals surface area contributed by atoms with Gasteiger partial charge < -0.3 is 5.73 Å². The molecule has 2 rings (SSSR count). The van der Waals surface area contributed by atoms with E-state index in [1.807, 2.05) is 23.5 Å². The summed E-state index contributed by atoms with van der Waals surface area (Å²) in [5.74, 6) is 0. The summed E-state index contributed by atoms with van der Waals surface area (Å²) in [6.07, 6.45) is 7.50. The molecule has 4 heteroatoms. The lowest BCUT2D eigenvalue weighted by Gasteiger charge is -2.09. The van der Waals surface area contributed by atoms with Crippen LogP contribution in [0, 0.1) is 0 Å². The summed E-state index contributed by atoms with van der Waals surface area (Å²) >= 11 is 1.93. The lowest BCUT2D eigenvalue weighted by atomic mass is 10.2.